The largest absolute Gasteiger partial charge is 0.299 e. The molecule has 3 unspecified atom stereocenters. The van der Waals surface area contributed by atoms with Gasteiger partial charge in [-0.05, 0) is 61.9 Å². The number of alkyl halides is 1. The van der Waals surface area contributed by atoms with Crippen LogP contribution in [-0.2, 0) is 9.59 Å². The highest BCUT2D eigenvalue weighted by Gasteiger charge is 2.60. The van der Waals surface area contributed by atoms with Gasteiger partial charge in [0.05, 0.1) is 0 Å². The van der Waals surface area contributed by atoms with Crippen LogP contribution in [0.5, 0.6) is 0 Å². The predicted octanol–water partition coefficient (Wildman–Crippen LogP) is 4.30. The molecule has 0 aromatic heterocycles. The van der Waals surface area contributed by atoms with Gasteiger partial charge in [-0.3, -0.25) is 9.59 Å². The molecule has 120 valence electrons. The van der Waals surface area contributed by atoms with Crippen LogP contribution in [-0.4, -0.2) is 16.9 Å². The summed E-state index contributed by atoms with van der Waals surface area (Å²) in [6.07, 6.45) is 8.52. The molecule has 2 nitrogen and oxygen atoms in total. The number of halogens is 1. The van der Waals surface area contributed by atoms with Gasteiger partial charge < -0.3 is 0 Å². The highest BCUT2D eigenvalue weighted by atomic mass is 35.5. The van der Waals surface area contributed by atoms with Gasteiger partial charge in [0.25, 0.3) is 0 Å². The van der Waals surface area contributed by atoms with E-state index in [1.807, 2.05) is 6.08 Å². The van der Waals surface area contributed by atoms with Crippen LogP contribution in [0.1, 0.15) is 58.8 Å². The van der Waals surface area contributed by atoms with Crippen molar-refractivity contribution in [3.63, 3.8) is 0 Å². The summed E-state index contributed by atoms with van der Waals surface area (Å²) in [4.78, 5) is 25.3. The van der Waals surface area contributed by atoms with Crippen molar-refractivity contribution in [2.45, 2.75) is 64.2 Å². The maximum atomic E-state index is 12.9. The Balaban J connectivity index is 1.76. The molecule has 6 atom stereocenters. The summed E-state index contributed by atoms with van der Waals surface area (Å²) in [5.41, 5.74) is 1.19. The van der Waals surface area contributed by atoms with Crippen LogP contribution in [0.15, 0.2) is 11.6 Å². The van der Waals surface area contributed by atoms with E-state index in [2.05, 4.69) is 13.8 Å². The van der Waals surface area contributed by atoms with Gasteiger partial charge in [0.1, 0.15) is 5.78 Å². The molecule has 0 spiro atoms. The monoisotopic (exact) mass is 320 g/mol. The Hall–Kier alpha value is -0.630. The fraction of sp³-hybridized carbons (Fsp3) is 0.789. The van der Waals surface area contributed by atoms with Crippen LogP contribution in [0.4, 0.5) is 0 Å². The molecule has 0 radical (unpaired) electrons. The molecule has 0 N–H and O–H groups in total. The van der Waals surface area contributed by atoms with Gasteiger partial charge in [-0.25, -0.2) is 0 Å². The molecule has 0 amide bonds. The average molecular weight is 321 g/mol. The second kappa shape index (κ2) is 4.69. The van der Waals surface area contributed by atoms with Gasteiger partial charge in [-0.15, -0.1) is 11.6 Å². The van der Waals surface area contributed by atoms with Crippen LogP contribution in [0.25, 0.3) is 0 Å². The zero-order valence-corrected chi connectivity index (χ0v) is 14.3. The van der Waals surface area contributed by atoms with Crippen LogP contribution < -0.4 is 0 Å². The lowest BCUT2D eigenvalue weighted by Crippen LogP contribution is -2.53. The molecule has 0 bridgehead atoms. The first-order valence-corrected chi connectivity index (χ1v) is 9.22. The smallest absolute Gasteiger partial charge is 0.159 e. The lowest BCUT2D eigenvalue weighted by atomic mass is 9.48. The molecule has 0 aromatic rings. The van der Waals surface area contributed by atoms with Crippen molar-refractivity contribution in [3.8, 4) is 0 Å². The molecule has 0 aromatic carbocycles. The lowest BCUT2D eigenvalue weighted by Gasteiger charge is -2.55. The molecule has 22 heavy (non-hydrogen) atoms. The molecule has 0 saturated heterocycles. The van der Waals surface area contributed by atoms with E-state index in [-0.39, 0.29) is 33.8 Å². The van der Waals surface area contributed by atoms with Crippen molar-refractivity contribution in [1.29, 1.82) is 0 Å². The molecule has 4 rings (SSSR count). The van der Waals surface area contributed by atoms with Gasteiger partial charge in [0, 0.05) is 23.1 Å². The Bertz CT molecular complexity index is 580. The Morgan fingerprint density at radius 3 is 2.50 bits per heavy atom. The Labute approximate surface area is 137 Å². The highest BCUT2D eigenvalue weighted by molar-refractivity contribution is 6.20. The number of hydrogen-bond acceptors (Lipinski definition) is 2. The number of ketones is 2. The van der Waals surface area contributed by atoms with Crippen LogP contribution in [0, 0.1) is 28.6 Å². The molecular formula is C19H25ClO2. The fourth-order valence-corrected chi connectivity index (χ4v) is 6.41. The SMILES string of the molecule is C[C@]12CC[C@H](Cl)CC1=CC(=O)C1C2CC[C@]2(C)C(=O)CCC12. The summed E-state index contributed by atoms with van der Waals surface area (Å²) in [5.74, 6) is 1.45. The lowest BCUT2D eigenvalue weighted by molar-refractivity contribution is -0.139. The fourth-order valence-electron chi connectivity index (χ4n) is 6.13. The molecule has 0 aliphatic heterocycles. The number of carbonyl (C=O) groups excluding carboxylic acids is 2. The first-order valence-electron chi connectivity index (χ1n) is 8.78. The summed E-state index contributed by atoms with van der Waals surface area (Å²) >= 11 is 6.35. The quantitative estimate of drug-likeness (QED) is 0.623. The van der Waals surface area contributed by atoms with Crippen molar-refractivity contribution in [1.82, 2.24) is 0 Å². The number of carbonyl (C=O) groups is 2. The third-order valence-corrected chi connectivity index (χ3v) is 7.97. The van der Waals surface area contributed by atoms with Gasteiger partial charge in [0.2, 0.25) is 0 Å². The molecule has 0 heterocycles. The second-order valence-electron chi connectivity index (χ2n) is 8.49. The van der Waals surface area contributed by atoms with Crippen LogP contribution in [0.3, 0.4) is 0 Å². The van der Waals surface area contributed by atoms with Crippen molar-refractivity contribution < 1.29 is 9.59 Å². The Morgan fingerprint density at radius 1 is 1.05 bits per heavy atom. The minimum Gasteiger partial charge on any atom is -0.299 e. The summed E-state index contributed by atoms with van der Waals surface area (Å²) in [5, 5.41) is 0.186. The van der Waals surface area contributed by atoms with Crippen molar-refractivity contribution in [2.75, 3.05) is 0 Å². The van der Waals surface area contributed by atoms with Crippen LogP contribution in [0.2, 0.25) is 0 Å². The molecule has 3 saturated carbocycles. The van der Waals surface area contributed by atoms with Crippen molar-refractivity contribution in [3.05, 3.63) is 11.6 Å². The van der Waals surface area contributed by atoms with E-state index in [0.717, 1.165) is 38.5 Å². The summed E-state index contributed by atoms with van der Waals surface area (Å²) in [6, 6.07) is 0. The minimum absolute atomic E-state index is 0.0748. The summed E-state index contributed by atoms with van der Waals surface area (Å²) in [7, 11) is 0. The highest BCUT2D eigenvalue weighted by Crippen LogP contribution is 2.63. The first-order chi connectivity index (χ1) is 10.4. The number of fused-ring (bicyclic) bond motifs is 5. The van der Waals surface area contributed by atoms with Gasteiger partial charge in [-0.2, -0.15) is 0 Å². The maximum absolute atomic E-state index is 12.9. The van der Waals surface area contributed by atoms with Gasteiger partial charge in [0.15, 0.2) is 5.78 Å². The molecule has 4 aliphatic carbocycles. The molecular weight excluding hydrogens is 296 g/mol. The normalized spacial score (nSPS) is 51.0. The van der Waals surface area contributed by atoms with E-state index in [0.29, 0.717) is 18.1 Å². The number of hydrogen-bond donors (Lipinski definition) is 0. The average Bonchev–Trinajstić information content (AvgIpc) is 2.77. The van der Waals surface area contributed by atoms with Gasteiger partial charge >= 0.3 is 0 Å². The third kappa shape index (κ3) is 1.79. The zero-order valence-electron chi connectivity index (χ0n) is 13.5. The standard InChI is InChI=1S/C19H25ClO2/c1-18-7-5-12(20)9-11(18)10-15(21)17-13-3-4-16(22)19(13,2)8-6-14(17)18/h10,12-14,17H,3-9H2,1-2H3/t12-,13?,14?,17?,18-,19-/m0/s1. The van der Waals surface area contributed by atoms with E-state index >= 15 is 0 Å². The first kappa shape index (κ1) is 14.9. The van der Waals surface area contributed by atoms with E-state index in [1.165, 1.54) is 5.57 Å². The van der Waals surface area contributed by atoms with Crippen molar-refractivity contribution in [2.24, 2.45) is 28.6 Å². The zero-order chi connectivity index (χ0) is 15.7. The topological polar surface area (TPSA) is 34.1 Å². The Kier molecular flexibility index (Phi) is 3.18. The molecule has 3 heteroatoms. The molecule has 4 aliphatic rings. The van der Waals surface area contributed by atoms with E-state index in [1.54, 1.807) is 0 Å². The van der Waals surface area contributed by atoms with E-state index < -0.39 is 0 Å². The predicted molar refractivity (Wildman–Crippen MR) is 86.7 cm³/mol. The van der Waals surface area contributed by atoms with Gasteiger partial charge in [-0.1, -0.05) is 19.4 Å². The molecule has 3 fully saturated rings. The van der Waals surface area contributed by atoms with E-state index in [9.17, 15) is 9.59 Å². The Morgan fingerprint density at radius 2 is 1.73 bits per heavy atom. The minimum atomic E-state index is -0.234. The number of allylic oxidation sites excluding steroid dienone is 2. The van der Waals surface area contributed by atoms with Crippen molar-refractivity contribution >= 4 is 23.2 Å². The van der Waals surface area contributed by atoms with Crippen LogP contribution >= 0.6 is 11.6 Å². The van der Waals surface area contributed by atoms with E-state index in [4.69, 9.17) is 11.6 Å². The third-order valence-electron chi connectivity index (χ3n) is 7.59. The number of rotatable bonds is 0. The maximum Gasteiger partial charge on any atom is 0.159 e. The second-order valence-corrected chi connectivity index (χ2v) is 9.10. The number of Topliss-reactive ketones (excluding diaryl/α,β-unsaturated/α-hetero) is 1. The summed E-state index contributed by atoms with van der Waals surface area (Å²) in [6.45, 7) is 4.47. The summed E-state index contributed by atoms with van der Waals surface area (Å²) < 4.78 is 0.